The molecule has 0 radical (unpaired) electrons. The monoisotopic (exact) mass is 569 g/mol. The van der Waals surface area contributed by atoms with Crippen LogP contribution in [0.25, 0.3) is 0 Å². The van der Waals surface area contributed by atoms with Crippen LogP contribution in [0.3, 0.4) is 0 Å². The van der Waals surface area contributed by atoms with E-state index in [1.54, 1.807) is 36.4 Å². The zero-order valence-corrected chi connectivity index (χ0v) is 23.4. The van der Waals surface area contributed by atoms with Gasteiger partial charge in [-0.15, -0.1) is 0 Å². The number of ether oxygens (including phenoxy) is 1. The smallest absolute Gasteiger partial charge is 0.243 e. The Morgan fingerprint density at radius 3 is 2.31 bits per heavy atom. The number of carbonyl (C=O) groups is 2. The summed E-state index contributed by atoms with van der Waals surface area (Å²) >= 11 is 6.26. The largest absolute Gasteiger partial charge is 0.492 e. The molecule has 10 heteroatoms. The van der Waals surface area contributed by atoms with Crippen LogP contribution in [0.2, 0.25) is 5.02 Å². The van der Waals surface area contributed by atoms with Gasteiger partial charge in [0.2, 0.25) is 21.8 Å². The summed E-state index contributed by atoms with van der Waals surface area (Å²) in [6.07, 6.45) is 2.39. The fourth-order valence-electron chi connectivity index (χ4n) is 4.40. The predicted molar refractivity (Wildman–Crippen MR) is 151 cm³/mol. The van der Waals surface area contributed by atoms with E-state index in [2.05, 4.69) is 5.32 Å². The van der Waals surface area contributed by atoms with Crippen LogP contribution >= 0.6 is 11.6 Å². The molecule has 4 rings (SSSR count). The Morgan fingerprint density at radius 2 is 1.67 bits per heavy atom. The first kappa shape index (κ1) is 28.6. The predicted octanol–water partition coefficient (Wildman–Crippen LogP) is 4.73. The number of carbonyl (C=O) groups excluding carboxylic acids is 2. The van der Waals surface area contributed by atoms with Crippen molar-refractivity contribution in [2.24, 2.45) is 0 Å². The van der Waals surface area contributed by atoms with E-state index in [0.29, 0.717) is 24.5 Å². The third-order valence-electron chi connectivity index (χ3n) is 6.41. The van der Waals surface area contributed by atoms with E-state index in [9.17, 15) is 18.0 Å². The van der Waals surface area contributed by atoms with Crippen molar-refractivity contribution < 1.29 is 22.7 Å². The third kappa shape index (κ3) is 7.59. The minimum absolute atomic E-state index is 0.00102. The molecule has 1 saturated heterocycles. The SMILES string of the molecule is CCOc1ccc(S(=O)(=O)N(CC(=O)Nc2ccc(CC(=O)N3CCCC3)cc2)Cc2ccccc2)cc1Cl. The minimum Gasteiger partial charge on any atom is -0.492 e. The fourth-order valence-corrected chi connectivity index (χ4v) is 6.11. The van der Waals surface area contributed by atoms with Gasteiger partial charge in [-0.1, -0.05) is 54.1 Å². The summed E-state index contributed by atoms with van der Waals surface area (Å²) < 4.78 is 33.8. The van der Waals surface area contributed by atoms with E-state index in [1.165, 1.54) is 18.2 Å². The molecule has 1 heterocycles. The Bertz CT molecular complexity index is 1390. The van der Waals surface area contributed by atoms with Crippen LogP contribution in [-0.4, -0.2) is 55.7 Å². The molecule has 0 atom stereocenters. The van der Waals surface area contributed by atoms with Crippen molar-refractivity contribution in [3.8, 4) is 5.75 Å². The van der Waals surface area contributed by atoms with Crippen molar-refractivity contribution in [3.63, 3.8) is 0 Å². The summed E-state index contributed by atoms with van der Waals surface area (Å²) in [4.78, 5) is 27.3. The van der Waals surface area contributed by atoms with Crippen molar-refractivity contribution in [1.29, 1.82) is 0 Å². The van der Waals surface area contributed by atoms with Gasteiger partial charge in [-0.25, -0.2) is 8.42 Å². The number of anilines is 1. The zero-order chi connectivity index (χ0) is 27.8. The highest BCUT2D eigenvalue weighted by Crippen LogP contribution is 2.29. The molecule has 3 aromatic carbocycles. The maximum absolute atomic E-state index is 13.6. The first-order chi connectivity index (χ1) is 18.8. The Hall–Kier alpha value is -3.40. The summed E-state index contributed by atoms with van der Waals surface area (Å²) in [7, 11) is -4.08. The quantitative estimate of drug-likeness (QED) is 0.360. The molecule has 206 valence electrons. The normalized spacial score (nSPS) is 13.5. The first-order valence-electron chi connectivity index (χ1n) is 12.9. The lowest BCUT2D eigenvalue weighted by molar-refractivity contribution is -0.129. The van der Waals surface area contributed by atoms with Crippen LogP contribution in [0.4, 0.5) is 5.69 Å². The van der Waals surface area contributed by atoms with E-state index in [1.807, 2.05) is 30.0 Å². The summed E-state index contributed by atoms with van der Waals surface area (Å²) in [5, 5.41) is 2.94. The van der Waals surface area contributed by atoms with Crippen LogP contribution in [0.15, 0.2) is 77.7 Å². The second kappa shape index (κ2) is 13.1. The number of rotatable bonds is 11. The zero-order valence-electron chi connectivity index (χ0n) is 21.8. The summed E-state index contributed by atoms with van der Waals surface area (Å²) in [5.41, 5.74) is 2.10. The second-order valence-corrected chi connectivity index (χ2v) is 11.6. The lowest BCUT2D eigenvalue weighted by Gasteiger charge is -2.22. The third-order valence-corrected chi connectivity index (χ3v) is 8.50. The van der Waals surface area contributed by atoms with Gasteiger partial charge in [0.1, 0.15) is 5.75 Å². The number of halogens is 1. The number of amides is 2. The maximum Gasteiger partial charge on any atom is 0.243 e. The van der Waals surface area contributed by atoms with Crippen molar-refractivity contribution in [2.45, 2.75) is 37.6 Å². The van der Waals surface area contributed by atoms with E-state index < -0.39 is 22.5 Å². The van der Waals surface area contributed by atoms with Gasteiger partial charge < -0.3 is 15.0 Å². The molecule has 8 nitrogen and oxygen atoms in total. The van der Waals surface area contributed by atoms with Gasteiger partial charge in [-0.3, -0.25) is 9.59 Å². The van der Waals surface area contributed by atoms with Crippen molar-refractivity contribution in [1.82, 2.24) is 9.21 Å². The number of nitrogens with one attached hydrogen (secondary N) is 1. The van der Waals surface area contributed by atoms with E-state index in [4.69, 9.17) is 16.3 Å². The number of sulfonamides is 1. The van der Waals surface area contributed by atoms with Crippen molar-refractivity contribution >= 4 is 39.1 Å². The Labute approximate surface area is 234 Å². The maximum atomic E-state index is 13.6. The number of benzene rings is 3. The van der Waals surface area contributed by atoms with Crippen LogP contribution in [0.1, 0.15) is 30.9 Å². The Balaban J connectivity index is 1.47. The van der Waals surface area contributed by atoms with Crippen LogP contribution < -0.4 is 10.1 Å². The highest BCUT2D eigenvalue weighted by Gasteiger charge is 2.28. The molecular weight excluding hydrogens is 538 g/mol. The average Bonchev–Trinajstić information content (AvgIpc) is 3.47. The molecule has 0 bridgehead atoms. The van der Waals surface area contributed by atoms with Gasteiger partial charge in [0.25, 0.3) is 0 Å². The van der Waals surface area contributed by atoms with Gasteiger partial charge in [0.15, 0.2) is 0 Å². The average molecular weight is 570 g/mol. The fraction of sp³-hybridized carbons (Fsp3) is 0.310. The van der Waals surface area contributed by atoms with Gasteiger partial charge in [-0.05, 0) is 61.2 Å². The molecule has 2 amide bonds. The highest BCUT2D eigenvalue weighted by atomic mass is 35.5. The topological polar surface area (TPSA) is 96.0 Å². The first-order valence-corrected chi connectivity index (χ1v) is 14.7. The van der Waals surface area contributed by atoms with Crippen LogP contribution in [0, 0.1) is 0 Å². The molecule has 0 aliphatic carbocycles. The molecule has 0 aromatic heterocycles. The minimum atomic E-state index is -4.08. The van der Waals surface area contributed by atoms with Crippen LogP contribution in [-0.2, 0) is 32.6 Å². The van der Waals surface area contributed by atoms with E-state index >= 15 is 0 Å². The van der Waals surface area contributed by atoms with Crippen LogP contribution in [0.5, 0.6) is 5.75 Å². The van der Waals surface area contributed by atoms with Gasteiger partial charge in [-0.2, -0.15) is 4.31 Å². The van der Waals surface area contributed by atoms with E-state index in [0.717, 1.165) is 41.4 Å². The van der Waals surface area contributed by atoms with Gasteiger partial charge in [0.05, 0.1) is 29.5 Å². The molecule has 1 N–H and O–H groups in total. The molecule has 1 aliphatic rings. The molecule has 0 spiro atoms. The van der Waals surface area contributed by atoms with Gasteiger partial charge >= 0.3 is 0 Å². The molecule has 1 aliphatic heterocycles. The molecular formula is C29H32ClN3O5S. The number of likely N-dealkylation sites (tertiary alicyclic amines) is 1. The molecule has 1 fully saturated rings. The Kier molecular flexibility index (Phi) is 9.61. The molecule has 0 unspecified atom stereocenters. The summed E-state index contributed by atoms with van der Waals surface area (Å²) in [6, 6.07) is 20.3. The highest BCUT2D eigenvalue weighted by molar-refractivity contribution is 7.89. The lowest BCUT2D eigenvalue weighted by Crippen LogP contribution is -2.37. The van der Waals surface area contributed by atoms with Crippen molar-refractivity contribution in [2.75, 3.05) is 31.6 Å². The van der Waals surface area contributed by atoms with Crippen molar-refractivity contribution in [3.05, 3.63) is 88.9 Å². The van der Waals surface area contributed by atoms with Gasteiger partial charge in [0, 0.05) is 25.3 Å². The summed E-state index contributed by atoms with van der Waals surface area (Å²) in [5.74, 6) is -0.0103. The number of nitrogens with zero attached hydrogens (tertiary/aromatic N) is 2. The molecule has 0 saturated carbocycles. The second-order valence-electron chi connectivity index (χ2n) is 9.29. The molecule has 39 heavy (non-hydrogen) atoms. The molecule has 3 aromatic rings. The summed E-state index contributed by atoms with van der Waals surface area (Å²) in [6.45, 7) is 3.40. The van der Waals surface area contributed by atoms with E-state index in [-0.39, 0.29) is 22.4 Å². The standard InChI is InChI=1S/C29H32ClN3O5S/c1-2-38-27-15-14-25(19-26(27)30)39(36,37)33(20-23-8-4-3-5-9-23)21-28(34)31-24-12-10-22(11-13-24)18-29(35)32-16-6-7-17-32/h3-5,8-15,19H,2,6-7,16-18,20-21H2,1H3,(H,31,34). The number of hydrogen-bond donors (Lipinski definition) is 1. The lowest BCUT2D eigenvalue weighted by atomic mass is 10.1. The Morgan fingerprint density at radius 1 is 0.974 bits per heavy atom. The number of hydrogen-bond acceptors (Lipinski definition) is 5.